The van der Waals surface area contributed by atoms with Gasteiger partial charge in [0.1, 0.15) is 0 Å². The van der Waals surface area contributed by atoms with Crippen molar-refractivity contribution >= 4 is 22.5 Å². The first-order valence-corrected chi connectivity index (χ1v) is 7.94. The number of hydrogen-bond donors (Lipinski definition) is 2. The van der Waals surface area contributed by atoms with Gasteiger partial charge in [-0.05, 0) is 57.5 Å². The third-order valence-electron chi connectivity index (χ3n) is 4.43. The lowest BCUT2D eigenvalue weighted by Gasteiger charge is -2.24. The number of anilines is 1. The summed E-state index contributed by atoms with van der Waals surface area (Å²) in [5, 5.41) is 7.01. The van der Waals surface area contributed by atoms with E-state index >= 15 is 0 Å². The number of nitrogens with zero attached hydrogens (tertiary/aromatic N) is 3. The first kappa shape index (κ1) is 13.5. The van der Waals surface area contributed by atoms with E-state index in [2.05, 4.69) is 52.1 Å². The van der Waals surface area contributed by atoms with Crippen molar-refractivity contribution in [3.8, 4) is 0 Å². The average Bonchev–Trinajstić information content (AvgIpc) is 2.92. The third kappa shape index (κ3) is 2.22. The Hall–Kier alpha value is -2.14. The van der Waals surface area contributed by atoms with Gasteiger partial charge in [0.05, 0.1) is 11.0 Å². The molecule has 0 saturated carbocycles. The normalized spacial score (nSPS) is 16.5. The molecule has 0 amide bonds. The van der Waals surface area contributed by atoms with Gasteiger partial charge in [0.25, 0.3) is 0 Å². The molecule has 0 bridgehead atoms. The molecule has 5 heteroatoms. The second-order valence-corrected chi connectivity index (χ2v) is 6.18. The summed E-state index contributed by atoms with van der Waals surface area (Å²) in [6.07, 6.45) is 4.17. The largest absolute Gasteiger partial charge is 0.364 e. The van der Waals surface area contributed by atoms with Crippen molar-refractivity contribution in [2.24, 2.45) is 0 Å². The van der Waals surface area contributed by atoms with Crippen molar-refractivity contribution in [1.29, 1.82) is 0 Å². The molecular weight excluding hydrogens is 274 g/mol. The van der Waals surface area contributed by atoms with Gasteiger partial charge in [0.15, 0.2) is 11.5 Å². The van der Waals surface area contributed by atoms with Gasteiger partial charge in [-0.3, -0.25) is 4.40 Å². The van der Waals surface area contributed by atoms with Crippen LogP contribution in [0.2, 0.25) is 0 Å². The standard InChI is InChI=1S/C17H21N5/c1-11-3-4-14-15(9-11)22-12(2)10-19-17(22)16(21-14)20-13-5-7-18-8-6-13/h3-4,9-10,13,18H,5-8H2,1-2H3,(H,20,21). The quantitative estimate of drug-likeness (QED) is 0.763. The molecule has 0 aliphatic carbocycles. The van der Waals surface area contributed by atoms with Crippen LogP contribution in [0.5, 0.6) is 0 Å². The van der Waals surface area contributed by atoms with Crippen molar-refractivity contribution in [2.75, 3.05) is 18.4 Å². The van der Waals surface area contributed by atoms with Crippen LogP contribution in [0, 0.1) is 13.8 Å². The highest BCUT2D eigenvalue weighted by molar-refractivity contribution is 5.83. The summed E-state index contributed by atoms with van der Waals surface area (Å²) in [5.41, 5.74) is 5.44. The highest BCUT2D eigenvalue weighted by Gasteiger charge is 2.17. The van der Waals surface area contributed by atoms with Gasteiger partial charge in [0, 0.05) is 17.9 Å². The minimum atomic E-state index is 0.470. The molecule has 2 N–H and O–H groups in total. The number of benzene rings is 1. The molecule has 22 heavy (non-hydrogen) atoms. The molecule has 5 nitrogen and oxygen atoms in total. The summed E-state index contributed by atoms with van der Waals surface area (Å²) >= 11 is 0. The Morgan fingerprint density at radius 2 is 2.05 bits per heavy atom. The summed E-state index contributed by atoms with van der Waals surface area (Å²) in [4.78, 5) is 9.42. The van der Waals surface area contributed by atoms with Crippen molar-refractivity contribution in [2.45, 2.75) is 32.7 Å². The third-order valence-corrected chi connectivity index (χ3v) is 4.43. The SMILES string of the molecule is Cc1ccc2nc(NC3CCNCC3)c3ncc(C)n3c2c1. The lowest BCUT2D eigenvalue weighted by atomic mass is 10.1. The molecule has 1 aliphatic heterocycles. The number of aromatic nitrogens is 3. The molecule has 0 unspecified atom stereocenters. The zero-order chi connectivity index (χ0) is 15.1. The fraction of sp³-hybridized carbons (Fsp3) is 0.412. The Morgan fingerprint density at radius 1 is 1.23 bits per heavy atom. The van der Waals surface area contributed by atoms with Gasteiger partial charge in [-0.1, -0.05) is 6.07 Å². The van der Waals surface area contributed by atoms with Crippen molar-refractivity contribution in [3.05, 3.63) is 35.7 Å². The molecule has 0 atom stereocenters. The van der Waals surface area contributed by atoms with Crippen LogP contribution < -0.4 is 10.6 Å². The van der Waals surface area contributed by atoms with E-state index in [9.17, 15) is 0 Å². The smallest absolute Gasteiger partial charge is 0.180 e. The molecule has 4 rings (SSSR count). The molecule has 1 fully saturated rings. The van der Waals surface area contributed by atoms with E-state index in [0.717, 1.165) is 54.1 Å². The maximum atomic E-state index is 4.84. The second kappa shape index (κ2) is 5.25. The van der Waals surface area contributed by atoms with Crippen LogP contribution in [0.3, 0.4) is 0 Å². The maximum absolute atomic E-state index is 4.84. The predicted molar refractivity (Wildman–Crippen MR) is 89.5 cm³/mol. The topological polar surface area (TPSA) is 54.2 Å². The van der Waals surface area contributed by atoms with E-state index in [4.69, 9.17) is 4.98 Å². The highest BCUT2D eigenvalue weighted by atomic mass is 15.1. The Kier molecular flexibility index (Phi) is 3.22. The predicted octanol–water partition coefficient (Wildman–Crippen LogP) is 2.66. The molecule has 114 valence electrons. The van der Waals surface area contributed by atoms with Gasteiger partial charge >= 0.3 is 0 Å². The van der Waals surface area contributed by atoms with Gasteiger partial charge in [-0.2, -0.15) is 0 Å². The Balaban J connectivity index is 1.87. The number of imidazole rings is 1. The van der Waals surface area contributed by atoms with Crippen molar-refractivity contribution in [3.63, 3.8) is 0 Å². The lowest BCUT2D eigenvalue weighted by molar-refractivity contribution is 0.478. The van der Waals surface area contributed by atoms with Gasteiger partial charge in [-0.25, -0.2) is 9.97 Å². The number of rotatable bonds is 2. The Bertz CT molecular complexity index is 830. The lowest BCUT2D eigenvalue weighted by Crippen LogP contribution is -2.35. The first-order chi connectivity index (χ1) is 10.7. The Labute approximate surface area is 129 Å². The number of nitrogens with one attached hydrogen (secondary N) is 2. The molecule has 3 aromatic rings. The van der Waals surface area contributed by atoms with Crippen LogP contribution in [-0.2, 0) is 0 Å². The summed E-state index contributed by atoms with van der Waals surface area (Å²) in [6.45, 7) is 6.33. The van der Waals surface area contributed by atoms with Crippen molar-refractivity contribution in [1.82, 2.24) is 19.7 Å². The maximum Gasteiger partial charge on any atom is 0.180 e. The molecule has 1 aromatic carbocycles. The van der Waals surface area contributed by atoms with E-state index < -0.39 is 0 Å². The number of aryl methyl sites for hydroxylation is 2. The Morgan fingerprint density at radius 3 is 2.86 bits per heavy atom. The van der Waals surface area contributed by atoms with Crippen LogP contribution in [0.25, 0.3) is 16.7 Å². The van der Waals surface area contributed by atoms with E-state index in [1.54, 1.807) is 0 Å². The highest BCUT2D eigenvalue weighted by Crippen LogP contribution is 2.24. The number of fused-ring (bicyclic) bond motifs is 3. The second-order valence-electron chi connectivity index (χ2n) is 6.18. The van der Waals surface area contributed by atoms with Crippen LogP contribution in [0.4, 0.5) is 5.82 Å². The summed E-state index contributed by atoms with van der Waals surface area (Å²) in [5.74, 6) is 0.899. The summed E-state index contributed by atoms with van der Waals surface area (Å²) in [7, 11) is 0. The van der Waals surface area contributed by atoms with Crippen LogP contribution in [0.15, 0.2) is 24.4 Å². The van der Waals surface area contributed by atoms with Gasteiger partial charge in [0.2, 0.25) is 0 Å². The molecule has 1 aliphatic rings. The summed E-state index contributed by atoms with van der Waals surface area (Å²) < 4.78 is 2.21. The van der Waals surface area contributed by atoms with Gasteiger partial charge < -0.3 is 10.6 Å². The van der Waals surface area contributed by atoms with Gasteiger partial charge in [-0.15, -0.1) is 0 Å². The molecule has 0 spiro atoms. The van der Waals surface area contributed by atoms with E-state index in [1.165, 1.54) is 5.56 Å². The van der Waals surface area contributed by atoms with Crippen LogP contribution in [-0.4, -0.2) is 33.5 Å². The first-order valence-electron chi connectivity index (χ1n) is 7.94. The molecule has 1 saturated heterocycles. The summed E-state index contributed by atoms with van der Waals surface area (Å²) in [6, 6.07) is 6.86. The van der Waals surface area contributed by atoms with E-state index in [-0.39, 0.29) is 0 Å². The van der Waals surface area contributed by atoms with Crippen LogP contribution in [0.1, 0.15) is 24.1 Å². The fourth-order valence-electron chi connectivity index (χ4n) is 3.24. The minimum absolute atomic E-state index is 0.470. The molecular formula is C17H21N5. The fourth-order valence-corrected chi connectivity index (χ4v) is 3.24. The zero-order valence-electron chi connectivity index (χ0n) is 13.1. The molecule has 3 heterocycles. The average molecular weight is 295 g/mol. The molecule has 0 radical (unpaired) electrons. The number of piperidine rings is 1. The van der Waals surface area contributed by atoms with E-state index in [1.807, 2.05) is 6.20 Å². The molecule has 2 aromatic heterocycles. The number of hydrogen-bond acceptors (Lipinski definition) is 4. The monoisotopic (exact) mass is 295 g/mol. The zero-order valence-corrected chi connectivity index (χ0v) is 13.1. The van der Waals surface area contributed by atoms with Crippen LogP contribution >= 0.6 is 0 Å². The minimum Gasteiger partial charge on any atom is -0.364 e. The van der Waals surface area contributed by atoms with E-state index in [0.29, 0.717) is 6.04 Å². The van der Waals surface area contributed by atoms with Crippen molar-refractivity contribution < 1.29 is 0 Å².